The Morgan fingerprint density at radius 3 is 2.64 bits per heavy atom. The quantitative estimate of drug-likeness (QED) is 0.318. The zero-order valence-electron chi connectivity index (χ0n) is 21.3. The molecular weight excluding hydrogens is 474 g/mol. The third-order valence-electron chi connectivity index (χ3n) is 6.00. The molecule has 4 aromatic rings. The van der Waals surface area contributed by atoms with Crippen LogP contribution >= 0.6 is 11.6 Å². The summed E-state index contributed by atoms with van der Waals surface area (Å²) in [5.74, 6) is 0.293. The Morgan fingerprint density at radius 1 is 1.14 bits per heavy atom. The molecule has 0 aliphatic carbocycles. The summed E-state index contributed by atoms with van der Waals surface area (Å²) in [5, 5.41) is 7.80. The Morgan fingerprint density at radius 2 is 1.92 bits per heavy atom. The number of hydrogen-bond donors (Lipinski definition) is 2. The molecule has 2 aromatic heterocycles. The van der Waals surface area contributed by atoms with Crippen molar-refractivity contribution in [2.24, 2.45) is 7.05 Å². The van der Waals surface area contributed by atoms with Crippen LogP contribution in [0, 0.1) is 0 Å². The summed E-state index contributed by atoms with van der Waals surface area (Å²) < 4.78 is 2.06. The van der Waals surface area contributed by atoms with E-state index in [4.69, 9.17) is 16.6 Å². The molecule has 1 amide bonds. The van der Waals surface area contributed by atoms with Gasteiger partial charge in [-0.1, -0.05) is 29.8 Å². The van der Waals surface area contributed by atoms with Gasteiger partial charge in [0.2, 0.25) is 11.9 Å². The first kappa shape index (κ1) is 25.5. The van der Waals surface area contributed by atoms with Gasteiger partial charge in [-0.05, 0) is 45.3 Å². The maximum Gasteiger partial charge on any atom is 0.227 e. The second kappa shape index (κ2) is 11.0. The number of carbonyl (C=O) groups is 1. The summed E-state index contributed by atoms with van der Waals surface area (Å²) in [6.07, 6.45) is 3.64. The highest BCUT2D eigenvalue weighted by atomic mass is 35.5. The first-order valence-corrected chi connectivity index (χ1v) is 12.3. The van der Waals surface area contributed by atoms with E-state index in [1.54, 1.807) is 6.20 Å². The Bertz CT molecular complexity index is 1380. The standard InChI is InChI=1S/C27H32ClN7O/c1-6-35(14-13-33(3)4)25-12-11-19(15-23(25)30-18(2)36)31-27-29-16-22(28)26(32-27)21-17-34(5)24-10-8-7-9-20(21)24/h7-12,15-17H,6,13-14H2,1-5H3,(H,30,36)(H,29,31,32). The first-order valence-electron chi connectivity index (χ1n) is 11.9. The van der Waals surface area contributed by atoms with E-state index in [0.29, 0.717) is 16.7 Å². The number of carbonyl (C=O) groups excluding carboxylic acids is 1. The van der Waals surface area contributed by atoms with Gasteiger partial charge in [0.05, 0.1) is 28.3 Å². The van der Waals surface area contributed by atoms with E-state index < -0.39 is 0 Å². The lowest BCUT2D eigenvalue weighted by Gasteiger charge is -2.27. The third kappa shape index (κ3) is 5.61. The molecule has 0 spiro atoms. The minimum absolute atomic E-state index is 0.127. The van der Waals surface area contributed by atoms with E-state index >= 15 is 0 Å². The van der Waals surface area contributed by atoms with Gasteiger partial charge in [0.1, 0.15) is 0 Å². The molecule has 0 unspecified atom stereocenters. The van der Waals surface area contributed by atoms with Crippen LogP contribution in [-0.4, -0.2) is 59.1 Å². The number of halogens is 1. The van der Waals surface area contributed by atoms with E-state index in [-0.39, 0.29) is 5.91 Å². The molecule has 2 N–H and O–H groups in total. The second-order valence-electron chi connectivity index (χ2n) is 8.98. The number of amides is 1. The normalized spacial score (nSPS) is 11.2. The highest BCUT2D eigenvalue weighted by Crippen LogP contribution is 2.35. The van der Waals surface area contributed by atoms with Gasteiger partial charge in [-0.2, -0.15) is 0 Å². The molecule has 0 atom stereocenters. The Labute approximate surface area is 216 Å². The van der Waals surface area contributed by atoms with Crippen LogP contribution < -0.4 is 15.5 Å². The fourth-order valence-electron chi connectivity index (χ4n) is 4.22. The van der Waals surface area contributed by atoms with Gasteiger partial charge >= 0.3 is 0 Å². The van der Waals surface area contributed by atoms with E-state index in [9.17, 15) is 4.79 Å². The zero-order chi connectivity index (χ0) is 25.8. The molecule has 36 heavy (non-hydrogen) atoms. The van der Waals surface area contributed by atoms with Gasteiger partial charge in [0.15, 0.2) is 0 Å². The van der Waals surface area contributed by atoms with Gasteiger partial charge in [-0.25, -0.2) is 9.97 Å². The van der Waals surface area contributed by atoms with Crippen LogP contribution in [0.3, 0.4) is 0 Å². The molecule has 0 saturated carbocycles. The zero-order valence-corrected chi connectivity index (χ0v) is 22.1. The van der Waals surface area contributed by atoms with Crippen molar-refractivity contribution >= 4 is 51.4 Å². The van der Waals surface area contributed by atoms with Crippen molar-refractivity contribution in [2.45, 2.75) is 13.8 Å². The summed E-state index contributed by atoms with van der Waals surface area (Å²) in [6, 6.07) is 14.0. The number of benzene rings is 2. The lowest BCUT2D eigenvalue weighted by Crippen LogP contribution is -2.32. The average Bonchev–Trinajstić information content (AvgIpc) is 3.17. The van der Waals surface area contributed by atoms with Crippen molar-refractivity contribution in [1.82, 2.24) is 19.4 Å². The van der Waals surface area contributed by atoms with Crippen LogP contribution in [0.5, 0.6) is 0 Å². The van der Waals surface area contributed by atoms with E-state index in [2.05, 4.69) is 49.0 Å². The molecular formula is C27H32ClN7O. The van der Waals surface area contributed by atoms with E-state index in [0.717, 1.165) is 53.2 Å². The molecule has 0 saturated heterocycles. The SMILES string of the molecule is CCN(CCN(C)C)c1ccc(Nc2ncc(Cl)c(-c3cn(C)c4ccccc34)n2)cc1NC(C)=O. The number of anilines is 4. The molecule has 2 aromatic carbocycles. The number of nitrogens with one attached hydrogen (secondary N) is 2. The average molecular weight is 506 g/mol. The molecule has 188 valence electrons. The minimum atomic E-state index is -0.127. The van der Waals surface area contributed by atoms with Crippen molar-refractivity contribution in [1.29, 1.82) is 0 Å². The fourth-order valence-corrected chi connectivity index (χ4v) is 4.42. The number of hydrogen-bond acceptors (Lipinski definition) is 6. The highest BCUT2D eigenvalue weighted by Gasteiger charge is 2.16. The third-order valence-corrected chi connectivity index (χ3v) is 6.28. The van der Waals surface area contributed by atoms with Gasteiger partial charge in [0, 0.05) is 62.0 Å². The maximum absolute atomic E-state index is 12.0. The van der Waals surface area contributed by atoms with Gasteiger partial charge in [-0.3, -0.25) is 4.79 Å². The number of likely N-dealkylation sites (N-methyl/N-ethyl adjacent to an activating group) is 2. The van der Waals surface area contributed by atoms with Crippen molar-refractivity contribution in [3.63, 3.8) is 0 Å². The van der Waals surface area contributed by atoms with Crippen LogP contribution in [0.1, 0.15) is 13.8 Å². The number of nitrogens with zero attached hydrogens (tertiary/aromatic N) is 5. The van der Waals surface area contributed by atoms with Crippen molar-refractivity contribution in [3.05, 3.63) is 59.9 Å². The van der Waals surface area contributed by atoms with E-state index in [1.807, 2.05) is 57.7 Å². The molecule has 0 radical (unpaired) electrons. The minimum Gasteiger partial charge on any atom is -0.369 e. The predicted molar refractivity (Wildman–Crippen MR) is 149 cm³/mol. The lowest BCUT2D eigenvalue weighted by atomic mass is 10.1. The van der Waals surface area contributed by atoms with Gasteiger partial charge in [0.25, 0.3) is 0 Å². The van der Waals surface area contributed by atoms with Crippen LogP contribution in [0.15, 0.2) is 54.9 Å². The number of fused-ring (bicyclic) bond motifs is 1. The number of aryl methyl sites for hydroxylation is 1. The molecule has 9 heteroatoms. The van der Waals surface area contributed by atoms with Crippen molar-refractivity contribution < 1.29 is 4.79 Å². The molecule has 0 aliphatic heterocycles. The Balaban J connectivity index is 1.67. The van der Waals surface area contributed by atoms with Crippen molar-refractivity contribution in [3.8, 4) is 11.3 Å². The monoisotopic (exact) mass is 505 g/mol. The summed E-state index contributed by atoms with van der Waals surface area (Å²) in [4.78, 5) is 25.5. The molecule has 0 aliphatic rings. The molecule has 0 bridgehead atoms. The van der Waals surface area contributed by atoms with Crippen LogP contribution in [0.25, 0.3) is 22.2 Å². The molecule has 0 fully saturated rings. The first-order chi connectivity index (χ1) is 17.3. The number of para-hydroxylation sites is 1. The number of aromatic nitrogens is 3. The summed E-state index contributed by atoms with van der Waals surface area (Å²) in [5.41, 5.74) is 5.16. The summed E-state index contributed by atoms with van der Waals surface area (Å²) >= 11 is 6.53. The maximum atomic E-state index is 12.0. The van der Waals surface area contributed by atoms with Crippen LogP contribution in [0.4, 0.5) is 23.0 Å². The van der Waals surface area contributed by atoms with E-state index in [1.165, 1.54) is 6.92 Å². The van der Waals surface area contributed by atoms with Gasteiger partial charge < -0.3 is 25.0 Å². The summed E-state index contributed by atoms with van der Waals surface area (Å²) in [6.45, 7) is 6.19. The topological polar surface area (TPSA) is 78.3 Å². The number of rotatable bonds is 9. The van der Waals surface area contributed by atoms with Crippen LogP contribution in [0.2, 0.25) is 5.02 Å². The fraction of sp³-hybridized carbons (Fsp3) is 0.296. The smallest absolute Gasteiger partial charge is 0.227 e. The highest BCUT2D eigenvalue weighted by molar-refractivity contribution is 6.33. The van der Waals surface area contributed by atoms with Crippen molar-refractivity contribution in [2.75, 3.05) is 49.3 Å². The molecule has 4 rings (SSSR count). The van der Waals surface area contributed by atoms with Gasteiger partial charge in [-0.15, -0.1) is 0 Å². The summed E-state index contributed by atoms with van der Waals surface area (Å²) in [7, 11) is 6.10. The Hall–Kier alpha value is -3.62. The van der Waals surface area contributed by atoms with Crippen LogP contribution in [-0.2, 0) is 11.8 Å². The Kier molecular flexibility index (Phi) is 7.76. The predicted octanol–water partition coefficient (Wildman–Crippen LogP) is 5.38. The largest absolute Gasteiger partial charge is 0.369 e. The molecule has 8 nitrogen and oxygen atoms in total. The molecule has 2 heterocycles. The lowest BCUT2D eigenvalue weighted by molar-refractivity contribution is -0.114. The second-order valence-corrected chi connectivity index (χ2v) is 9.39.